The van der Waals surface area contributed by atoms with Crippen LogP contribution in [0.2, 0.25) is 0 Å². The summed E-state index contributed by atoms with van der Waals surface area (Å²) in [5.74, 6) is 0.185. The van der Waals surface area contributed by atoms with Gasteiger partial charge in [0, 0.05) is 55.3 Å². The molecule has 0 radical (unpaired) electrons. The van der Waals surface area contributed by atoms with Gasteiger partial charge in [-0.3, -0.25) is 14.5 Å². The predicted molar refractivity (Wildman–Crippen MR) is 98.8 cm³/mol. The monoisotopic (exact) mass is 362 g/mol. The fourth-order valence-corrected chi connectivity index (χ4v) is 4.45. The molecule has 6 heteroatoms. The van der Waals surface area contributed by atoms with Crippen LogP contribution < -0.4 is 0 Å². The van der Waals surface area contributed by atoms with Crippen LogP contribution in [0.4, 0.5) is 0 Å². The number of aryl methyl sites for hydroxylation is 1. The van der Waals surface area contributed by atoms with Crippen LogP contribution in [0, 0.1) is 6.92 Å². The fourth-order valence-electron chi connectivity index (χ4n) is 2.86. The van der Waals surface area contributed by atoms with Crippen molar-refractivity contribution in [3.63, 3.8) is 0 Å². The molecule has 0 N–H and O–H groups in total. The van der Waals surface area contributed by atoms with Gasteiger partial charge in [-0.15, -0.1) is 22.7 Å². The van der Waals surface area contributed by atoms with Gasteiger partial charge >= 0.3 is 0 Å². The maximum Gasteiger partial charge on any atom is 0.223 e. The van der Waals surface area contributed by atoms with Gasteiger partial charge in [0.2, 0.25) is 5.91 Å². The SMILES string of the molecule is Cc1ccc(C(=O)CCC(=O)N2CCN(Cc3cccs3)CC2)s1. The summed E-state index contributed by atoms with van der Waals surface area (Å²) in [7, 11) is 0. The number of nitrogens with zero attached hydrogens (tertiary/aromatic N) is 2. The Morgan fingerprint density at radius 2 is 1.88 bits per heavy atom. The van der Waals surface area contributed by atoms with Crippen molar-refractivity contribution in [1.82, 2.24) is 9.80 Å². The van der Waals surface area contributed by atoms with Gasteiger partial charge in [0.05, 0.1) is 4.88 Å². The summed E-state index contributed by atoms with van der Waals surface area (Å²) < 4.78 is 0. The van der Waals surface area contributed by atoms with Crippen molar-refractivity contribution in [2.24, 2.45) is 0 Å². The zero-order chi connectivity index (χ0) is 16.9. The van der Waals surface area contributed by atoms with Gasteiger partial charge in [-0.1, -0.05) is 6.07 Å². The van der Waals surface area contributed by atoms with Gasteiger partial charge in [-0.25, -0.2) is 0 Å². The van der Waals surface area contributed by atoms with E-state index in [1.54, 1.807) is 11.3 Å². The Balaban J connectivity index is 1.41. The first-order valence-electron chi connectivity index (χ1n) is 8.24. The number of carbonyl (C=O) groups is 2. The number of rotatable bonds is 6. The Bertz CT molecular complexity index is 686. The van der Waals surface area contributed by atoms with Crippen LogP contribution in [-0.2, 0) is 11.3 Å². The molecule has 0 aliphatic carbocycles. The predicted octanol–water partition coefficient (Wildman–Crippen LogP) is 3.43. The molecule has 1 saturated heterocycles. The number of Topliss-reactive ketones (excluding diaryl/α,β-unsaturated/α-hetero) is 1. The van der Waals surface area contributed by atoms with E-state index < -0.39 is 0 Å². The Hall–Kier alpha value is -1.50. The summed E-state index contributed by atoms with van der Waals surface area (Å²) in [6.07, 6.45) is 0.634. The molecule has 128 valence electrons. The van der Waals surface area contributed by atoms with Gasteiger partial charge < -0.3 is 4.90 Å². The fraction of sp³-hybridized carbons (Fsp3) is 0.444. The third-order valence-electron chi connectivity index (χ3n) is 4.27. The lowest BCUT2D eigenvalue weighted by Crippen LogP contribution is -2.48. The van der Waals surface area contributed by atoms with E-state index in [1.807, 2.05) is 24.0 Å². The van der Waals surface area contributed by atoms with Crippen molar-refractivity contribution in [3.05, 3.63) is 44.3 Å². The number of hydrogen-bond acceptors (Lipinski definition) is 5. The molecular weight excluding hydrogens is 340 g/mol. The largest absolute Gasteiger partial charge is 0.340 e. The number of ketones is 1. The van der Waals surface area contributed by atoms with Crippen LogP contribution in [0.15, 0.2) is 29.6 Å². The van der Waals surface area contributed by atoms with E-state index in [2.05, 4.69) is 22.4 Å². The first kappa shape index (κ1) is 17.3. The second-order valence-electron chi connectivity index (χ2n) is 6.07. The molecule has 1 aliphatic heterocycles. The van der Waals surface area contributed by atoms with E-state index in [-0.39, 0.29) is 11.7 Å². The van der Waals surface area contributed by atoms with Crippen LogP contribution in [0.3, 0.4) is 0 Å². The summed E-state index contributed by atoms with van der Waals surface area (Å²) >= 11 is 3.28. The summed E-state index contributed by atoms with van der Waals surface area (Å²) in [5.41, 5.74) is 0. The summed E-state index contributed by atoms with van der Waals surface area (Å²) in [5, 5.41) is 2.10. The highest BCUT2D eigenvalue weighted by molar-refractivity contribution is 7.14. The highest BCUT2D eigenvalue weighted by atomic mass is 32.1. The third-order valence-corrected chi connectivity index (χ3v) is 6.17. The Kier molecular flexibility index (Phi) is 5.81. The molecule has 3 rings (SSSR count). The van der Waals surface area contributed by atoms with Crippen molar-refractivity contribution >= 4 is 34.4 Å². The third kappa shape index (κ3) is 4.53. The molecule has 2 aromatic rings. The molecule has 3 heterocycles. The molecule has 0 unspecified atom stereocenters. The lowest BCUT2D eigenvalue weighted by Gasteiger charge is -2.34. The van der Waals surface area contributed by atoms with Crippen molar-refractivity contribution in [1.29, 1.82) is 0 Å². The van der Waals surface area contributed by atoms with E-state index >= 15 is 0 Å². The Labute approximate surface area is 150 Å². The van der Waals surface area contributed by atoms with Crippen LogP contribution in [0.5, 0.6) is 0 Å². The molecule has 0 atom stereocenters. The number of carbonyl (C=O) groups excluding carboxylic acids is 2. The van der Waals surface area contributed by atoms with E-state index in [0.717, 1.165) is 42.5 Å². The number of amides is 1. The number of hydrogen-bond donors (Lipinski definition) is 0. The molecule has 1 aliphatic rings. The molecule has 1 amide bonds. The molecule has 1 fully saturated rings. The van der Waals surface area contributed by atoms with Crippen LogP contribution in [0.25, 0.3) is 0 Å². The normalized spacial score (nSPS) is 15.6. The highest BCUT2D eigenvalue weighted by Gasteiger charge is 2.22. The molecule has 0 bridgehead atoms. The first-order valence-corrected chi connectivity index (χ1v) is 9.93. The van der Waals surface area contributed by atoms with Gasteiger partial charge in [0.1, 0.15) is 0 Å². The Morgan fingerprint density at radius 1 is 1.08 bits per heavy atom. The molecule has 0 spiro atoms. The average Bonchev–Trinajstić information content (AvgIpc) is 3.24. The van der Waals surface area contributed by atoms with E-state index in [9.17, 15) is 9.59 Å². The van der Waals surface area contributed by atoms with Gasteiger partial charge in [-0.05, 0) is 30.5 Å². The van der Waals surface area contributed by atoms with Gasteiger partial charge in [0.25, 0.3) is 0 Å². The van der Waals surface area contributed by atoms with Crippen molar-refractivity contribution in [2.45, 2.75) is 26.3 Å². The average molecular weight is 363 g/mol. The zero-order valence-electron chi connectivity index (χ0n) is 13.9. The first-order chi connectivity index (χ1) is 11.6. The second-order valence-corrected chi connectivity index (χ2v) is 8.39. The quantitative estimate of drug-likeness (QED) is 0.739. The summed E-state index contributed by atoms with van der Waals surface area (Å²) in [6.45, 7) is 6.29. The highest BCUT2D eigenvalue weighted by Crippen LogP contribution is 2.18. The minimum Gasteiger partial charge on any atom is -0.340 e. The number of thiophene rings is 2. The molecule has 24 heavy (non-hydrogen) atoms. The maximum absolute atomic E-state index is 12.3. The van der Waals surface area contributed by atoms with Crippen LogP contribution in [0.1, 0.15) is 32.3 Å². The summed E-state index contributed by atoms with van der Waals surface area (Å²) in [6, 6.07) is 8.04. The van der Waals surface area contributed by atoms with Crippen molar-refractivity contribution in [3.8, 4) is 0 Å². The van der Waals surface area contributed by atoms with Crippen molar-refractivity contribution in [2.75, 3.05) is 26.2 Å². The van der Waals surface area contributed by atoms with Crippen molar-refractivity contribution < 1.29 is 9.59 Å². The van der Waals surface area contributed by atoms with E-state index in [4.69, 9.17) is 0 Å². The Morgan fingerprint density at radius 3 is 2.50 bits per heavy atom. The van der Waals surface area contributed by atoms with Gasteiger partial charge in [0.15, 0.2) is 5.78 Å². The second kappa shape index (κ2) is 8.05. The molecule has 0 saturated carbocycles. The molecular formula is C18H22N2O2S2. The maximum atomic E-state index is 12.3. The smallest absolute Gasteiger partial charge is 0.223 e. The van der Waals surface area contributed by atoms with E-state index in [1.165, 1.54) is 16.2 Å². The molecule has 4 nitrogen and oxygen atoms in total. The van der Waals surface area contributed by atoms with Gasteiger partial charge in [-0.2, -0.15) is 0 Å². The lowest BCUT2D eigenvalue weighted by molar-refractivity contribution is -0.132. The lowest BCUT2D eigenvalue weighted by atomic mass is 10.1. The topological polar surface area (TPSA) is 40.6 Å². The van der Waals surface area contributed by atoms with Crippen LogP contribution in [-0.4, -0.2) is 47.7 Å². The van der Waals surface area contributed by atoms with E-state index in [0.29, 0.717) is 12.8 Å². The summed E-state index contributed by atoms with van der Waals surface area (Å²) in [4.78, 5) is 32.0. The standard InChI is InChI=1S/C18H22N2O2S2/c1-14-4-6-17(24-14)16(21)5-7-18(22)20-10-8-19(9-11-20)13-15-3-2-12-23-15/h2-4,6,12H,5,7-11,13H2,1H3. The molecule has 0 aromatic carbocycles. The minimum atomic E-state index is 0.0813. The zero-order valence-corrected chi connectivity index (χ0v) is 15.5. The number of piperazine rings is 1. The minimum absolute atomic E-state index is 0.0813. The van der Waals surface area contributed by atoms with Crippen LogP contribution >= 0.6 is 22.7 Å². The molecule has 2 aromatic heterocycles.